The van der Waals surface area contributed by atoms with Gasteiger partial charge in [-0.15, -0.1) is 0 Å². The Kier molecular flexibility index (Phi) is 19.0. The molecule has 2 atom stereocenters. The van der Waals surface area contributed by atoms with Crippen LogP contribution in [0.25, 0.3) is 11.2 Å². The van der Waals surface area contributed by atoms with E-state index >= 15 is 0 Å². The van der Waals surface area contributed by atoms with Crippen molar-refractivity contribution in [1.29, 1.82) is 0 Å². The number of nitrogens with two attached hydrogens (primary N) is 1. The van der Waals surface area contributed by atoms with Crippen molar-refractivity contribution in [3.05, 3.63) is 43.0 Å². The fourth-order valence-electron chi connectivity index (χ4n) is 5.09. The zero-order valence-corrected chi connectivity index (χ0v) is 29.9. The lowest BCUT2D eigenvalue weighted by molar-refractivity contribution is 0.0805. The van der Waals surface area contributed by atoms with Gasteiger partial charge in [-0.2, -0.15) is 0 Å². The standard InChI is InChI=1S/C33H55N6O3PS2/c1-3-4-5-6-7-8-9-10-11-12-13-14-15-19-23-44-45-24-22-42-43(40,38-30-20-17-16-18-21-30)28-41-29(2)25-39-27-37-31-32(34)35-26-36-33(31)39/h16-18,20-21,26-27,29H,3-15,19,22-25,28H2,1-2H3,(H,38,40)(H2,34,35,36)/t29-,43?/m1/s1. The van der Waals surface area contributed by atoms with E-state index in [-0.39, 0.29) is 12.5 Å². The molecule has 0 aliphatic carbocycles. The van der Waals surface area contributed by atoms with E-state index in [1.807, 2.05) is 52.6 Å². The molecule has 252 valence electrons. The average molecular weight is 679 g/mol. The van der Waals surface area contributed by atoms with E-state index in [9.17, 15) is 4.57 Å². The summed E-state index contributed by atoms with van der Waals surface area (Å²) in [6.45, 7) is 5.06. The summed E-state index contributed by atoms with van der Waals surface area (Å²) in [5.41, 5.74) is 7.85. The van der Waals surface area contributed by atoms with E-state index in [4.69, 9.17) is 15.0 Å². The highest BCUT2D eigenvalue weighted by Crippen LogP contribution is 2.47. The number of unbranched alkanes of at least 4 members (excludes halogenated alkanes) is 13. The summed E-state index contributed by atoms with van der Waals surface area (Å²) in [6, 6.07) is 9.48. The van der Waals surface area contributed by atoms with E-state index < -0.39 is 7.52 Å². The molecule has 0 saturated heterocycles. The fraction of sp³-hybridized carbons (Fsp3) is 0.667. The Labute approximate surface area is 278 Å². The Balaban J connectivity index is 1.26. The van der Waals surface area contributed by atoms with Gasteiger partial charge in [0.05, 0.1) is 25.6 Å². The third-order valence-electron chi connectivity index (χ3n) is 7.62. The number of hydrogen-bond donors (Lipinski definition) is 2. The van der Waals surface area contributed by atoms with Crippen molar-refractivity contribution in [3.8, 4) is 0 Å². The number of rotatable bonds is 27. The molecule has 12 heteroatoms. The van der Waals surface area contributed by atoms with Crippen LogP contribution >= 0.6 is 29.1 Å². The second kappa shape index (κ2) is 22.7. The number of hydrogen-bond acceptors (Lipinski definition) is 9. The quantitative estimate of drug-likeness (QED) is 0.0458. The molecule has 0 amide bonds. The lowest BCUT2D eigenvalue weighted by atomic mass is 10.0. The minimum atomic E-state index is -3.30. The van der Waals surface area contributed by atoms with Crippen LogP contribution in [0.1, 0.15) is 104 Å². The molecule has 0 fully saturated rings. The number of para-hydroxylation sites is 1. The van der Waals surface area contributed by atoms with Crippen LogP contribution in [0, 0.1) is 0 Å². The van der Waals surface area contributed by atoms with E-state index in [2.05, 4.69) is 27.0 Å². The highest BCUT2D eigenvalue weighted by molar-refractivity contribution is 8.76. The molecule has 1 aromatic carbocycles. The van der Waals surface area contributed by atoms with Gasteiger partial charge in [-0.05, 0) is 25.5 Å². The molecule has 0 aliphatic heterocycles. The highest BCUT2D eigenvalue weighted by Gasteiger charge is 2.25. The number of aromatic nitrogens is 4. The van der Waals surface area contributed by atoms with Crippen LogP contribution < -0.4 is 10.8 Å². The fourth-order valence-corrected chi connectivity index (χ4v) is 8.77. The molecular formula is C33H55N6O3PS2. The smallest absolute Gasteiger partial charge is 0.319 e. The van der Waals surface area contributed by atoms with Crippen LogP contribution in [0.3, 0.4) is 0 Å². The molecule has 0 aliphatic rings. The molecule has 3 N–H and O–H groups in total. The molecule has 1 unspecified atom stereocenters. The molecule has 2 aromatic heterocycles. The Morgan fingerprint density at radius 3 is 2.16 bits per heavy atom. The summed E-state index contributed by atoms with van der Waals surface area (Å²) >= 11 is 0. The molecule has 2 heterocycles. The number of benzene rings is 1. The zero-order valence-electron chi connectivity index (χ0n) is 27.4. The van der Waals surface area contributed by atoms with Crippen molar-refractivity contribution in [2.45, 2.75) is 116 Å². The normalized spacial score (nSPS) is 13.6. The summed E-state index contributed by atoms with van der Waals surface area (Å²) in [7, 11) is 0.367. The van der Waals surface area contributed by atoms with Gasteiger partial charge in [0, 0.05) is 17.2 Å². The van der Waals surface area contributed by atoms with Gasteiger partial charge in [0.25, 0.3) is 0 Å². The number of nitrogens with one attached hydrogen (secondary N) is 1. The minimum absolute atomic E-state index is 0.0519. The van der Waals surface area contributed by atoms with Gasteiger partial charge >= 0.3 is 7.52 Å². The third kappa shape index (κ3) is 15.6. The Morgan fingerprint density at radius 2 is 1.49 bits per heavy atom. The van der Waals surface area contributed by atoms with Crippen LogP contribution in [-0.2, 0) is 20.4 Å². The Morgan fingerprint density at radius 1 is 0.867 bits per heavy atom. The first-order valence-corrected chi connectivity index (χ1v) is 21.1. The summed E-state index contributed by atoms with van der Waals surface area (Å²) in [5.74, 6) is 2.25. The third-order valence-corrected chi connectivity index (χ3v) is 11.8. The maximum Gasteiger partial charge on any atom is 0.319 e. The molecule has 0 saturated carbocycles. The van der Waals surface area contributed by atoms with Crippen LogP contribution in [-0.4, -0.2) is 50.1 Å². The molecule has 0 bridgehead atoms. The minimum Gasteiger partial charge on any atom is -0.382 e. The average Bonchev–Trinajstić information content (AvgIpc) is 3.45. The zero-order chi connectivity index (χ0) is 32.0. The molecule has 9 nitrogen and oxygen atoms in total. The lowest BCUT2D eigenvalue weighted by Crippen LogP contribution is -2.19. The van der Waals surface area contributed by atoms with E-state index in [0.29, 0.717) is 30.1 Å². The number of imidazole rings is 1. The lowest BCUT2D eigenvalue weighted by Gasteiger charge is -2.23. The molecule has 3 aromatic rings. The molecular weight excluding hydrogens is 624 g/mol. The first kappa shape index (κ1) is 37.7. The monoisotopic (exact) mass is 678 g/mol. The van der Waals surface area contributed by atoms with E-state index in [0.717, 1.165) is 17.2 Å². The Bertz CT molecular complexity index is 1240. The number of nitrogen functional groups attached to an aromatic ring is 1. The maximum absolute atomic E-state index is 13.8. The van der Waals surface area contributed by atoms with Crippen molar-refractivity contribution in [2.75, 3.05) is 35.3 Å². The van der Waals surface area contributed by atoms with Gasteiger partial charge in [0.15, 0.2) is 11.5 Å². The van der Waals surface area contributed by atoms with Crippen LogP contribution in [0.15, 0.2) is 43.0 Å². The van der Waals surface area contributed by atoms with Gasteiger partial charge in [0.1, 0.15) is 18.2 Å². The van der Waals surface area contributed by atoms with Crippen molar-refractivity contribution in [1.82, 2.24) is 19.5 Å². The van der Waals surface area contributed by atoms with Crippen LogP contribution in [0.4, 0.5) is 11.5 Å². The second-order valence-corrected chi connectivity index (χ2v) is 16.4. The Hall–Kier alpha value is -1.78. The molecule has 0 spiro atoms. The van der Waals surface area contributed by atoms with Gasteiger partial charge in [-0.25, -0.2) is 15.0 Å². The highest BCUT2D eigenvalue weighted by atomic mass is 33.1. The van der Waals surface area contributed by atoms with Crippen molar-refractivity contribution in [3.63, 3.8) is 0 Å². The summed E-state index contributed by atoms with van der Waals surface area (Å²) in [6.07, 6.45) is 22.1. The number of anilines is 2. The SMILES string of the molecule is CCCCCCCCCCCCCCCCSSCCOP(=O)(CO[C@H](C)Cn1cnc2c(N)ncnc21)Nc1ccccc1. The first-order valence-electron chi connectivity index (χ1n) is 16.8. The summed E-state index contributed by atoms with van der Waals surface area (Å²) < 4.78 is 27.7. The maximum atomic E-state index is 13.8. The van der Waals surface area contributed by atoms with Gasteiger partial charge < -0.3 is 24.6 Å². The van der Waals surface area contributed by atoms with E-state index in [1.54, 1.807) is 17.1 Å². The van der Waals surface area contributed by atoms with Crippen molar-refractivity contribution in [2.24, 2.45) is 0 Å². The second-order valence-electron chi connectivity index (χ2n) is 11.7. The van der Waals surface area contributed by atoms with Crippen molar-refractivity contribution < 1.29 is 13.8 Å². The number of fused-ring (bicyclic) bond motifs is 1. The van der Waals surface area contributed by atoms with Gasteiger partial charge in [-0.3, -0.25) is 4.57 Å². The van der Waals surface area contributed by atoms with E-state index in [1.165, 1.54) is 96.2 Å². The van der Waals surface area contributed by atoms with Gasteiger partial charge in [-0.1, -0.05) is 130 Å². The van der Waals surface area contributed by atoms with Crippen LogP contribution in [0.5, 0.6) is 0 Å². The summed E-state index contributed by atoms with van der Waals surface area (Å²) in [4.78, 5) is 12.6. The number of ether oxygens (including phenoxy) is 1. The predicted octanol–water partition coefficient (Wildman–Crippen LogP) is 9.96. The predicted molar refractivity (Wildman–Crippen MR) is 194 cm³/mol. The first-order chi connectivity index (χ1) is 22.0. The molecule has 3 rings (SSSR count). The molecule has 0 radical (unpaired) electrons. The van der Waals surface area contributed by atoms with Crippen molar-refractivity contribution >= 4 is 51.8 Å². The largest absolute Gasteiger partial charge is 0.382 e. The molecule has 45 heavy (non-hydrogen) atoms. The van der Waals surface area contributed by atoms with Gasteiger partial charge in [0.2, 0.25) is 0 Å². The topological polar surface area (TPSA) is 117 Å². The number of nitrogens with zero attached hydrogens (tertiary/aromatic N) is 4. The summed E-state index contributed by atoms with van der Waals surface area (Å²) in [5, 5.41) is 3.10. The van der Waals surface area contributed by atoms with Crippen LogP contribution in [0.2, 0.25) is 0 Å².